The van der Waals surface area contributed by atoms with E-state index in [0.29, 0.717) is 18.6 Å². The van der Waals surface area contributed by atoms with Crippen LogP contribution in [0.3, 0.4) is 0 Å². The molecule has 1 aromatic heterocycles. The molecule has 0 aliphatic rings. The van der Waals surface area contributed by atoms with Crippen LogP contribution in [0.4, 0.5) is 0 Å². The number of hydrogen-bond acceptors (Lipinski definition) is 2. The number of Topliss-reactive ketones (excluding diaryl/α,β-unsaturated/α-hetero) is 1. The number of carbonyl (C=O) groups excluding carboxylic acids is 1. The smallest absolute Gasteiger partial charge is 0.133 e. The highest BCUT2D eigenvalue weighted by atomic mass is 16.1. The van der Waals surface area contributed by atoms with Crippen molar-refractivity contribution < 1.29 is 4.79 Å². The molecule has 0 saturated carbocycles. The standard InChI is InChI=1S/C18H29NO/c1-17(2,3)12-15-9-7-8-14(19-15)10-11-16(20)13-18(4,5)6/h7-9H,10-13H2,1-6H3. The number of aryl methyl sites for hydroxylation is 1. The van der Waals surface area contributed by atoms with Crippen molar-refractivity contribution >= 4 is 5.78 Å². The number of aromatic nitrogens is 1. The van der Waals surface area contributed by atoms with Crippen LogP contribution in [0.15, 0.2) is 18.2 Å². The van der Waals surface area contributed by atoms with E-state index < -0.39 is 0 Å². The van der Waals surface area contributed by atoms with Gasteiger partial charge in [0.1, 0.15) is 5.78 Å². The molecule has 20 heavy (non-hydrogen) atoms. The average Bonchev–Trinajstić information content (AvgIpc) is 2.22. The Bertz CT molecular complexity index is 449. The molecule has 0 spiro atoms. The average molecular weight is 275 g/mol. The van der Waals surface area contributed by atoms with Crippen molar-refractivity contribution in [2.75, 3.05) is 0 Å². The largest absolute Gasteiger partial charge is 0.300 e. The molecule has 0 bridgehead atoms. The molecule has 0 aromatic carbocycles. The molecule has 0 aliphatic carbocycles. The van der Waals surface area contributed by atoms with Crippen LogP contribution in [0, 0.1) is 10.8 Å². The number of pyridine rings is 1. The van der Waals surface area contributed by atoms with Gasteiger partial charge in [-0.2, -0.15) is 0 Å². The molecule has 0 saturated heterocycles. The van der Waals surface area contributed by atoms with Crippen LogP contribution in [-0.4, -0.2) is 10.8 Å². The summed E-state index contributed by atoms with van der Waals surface area (Å²) in [5, 5.41) is 0. The van der Waals surface area contributed by atoms with Crippen LogP contribution in [0.5, 0.6) is 0 Å². The molecule has 1 aromatic rings. The topological polar surface area (TPSA) is 30.0 Å². The SMILES string of the molecule is CC(C)(C)CC(=O)CCc1cccc(CC(C)(C)C)n1. The van der Waals surface area contributed by atoms with Gasteiger partial charge < -0.3 is 0 Å². The minimum Gasteiger partial charge on any atom is -0.300 e. The number of carbonyl (C=O) groups is 1. The fourth-order valence-electron chi connectivity index (χ4n) is 2.26. The second kappa shape index (κ2) is 6.51. The van der Waals surface area contributed by atoms with Crippen LogP contribution in [0.1, 0.15) is 65.8 Å². The molecule has 1 heterocycles. The third kappa shape index (κ3) is 7.42. The van der Waals surface area contributed by atoms with Crippen molar-refractivity contribution in [1.29, 1.82) is 0 Å². The summed E-state index contributed by atoms with van der Waals surface area (Å²) in [6.45, 7) is 13.0. The molecule has 2 heteroatoms. The van der Waals surface area contributed by atoms with E-state index in [2.05, 4.69) is 58.7 Å². The Labute approximate surface area is 124 Å². The zero-order chi connectivity index (χ0) is 15.4. The van der Waals surface area contributed by atoms with Gasteiger partial charge in [-0.05, 0) is 35.8 Å². The molecule has 0 atom stereocenters. The van der Waals surface area contributed by atoms with E-state index in [0.717, 1.165) is 24.2 Å². The van der Waals surface area contributed by atoms with Gasteiger partial charge in [-0.1, -0.05) is 47.6 Å². The Kier molecular flexibility index (Phi) is 5.50. The van der Waals surface area contributed by atoms with Crippen LogP contribution < -0.4 is 0 Å². The van der Waals surface area contributed by atoms with Crippen molar-refractivity contribution in [3.63, 3.8) is 0 Å². The van der Waals surface area contributed by atoms with Gasteiger partial charge in [0.25, 0.3) is 0 Å². The molecule has 2 nitrogen and oxygen atoms in total. The third-order valence-electron chi connectivity index (χ3n) is 2.96. The van der Waals surface area contributed by atoms with Crippen LogP contribution >= 0.6 is 0 Å². The summed E-state index contributed by atoms with van der Waals surface area (Å²) in [6.07, 6.45) is 2.97. The second-order valence-corrected chi connectivity index (χ2v) is 8.13. The lowest BCUT2D eigenvalue weighted by molar-refractivity contribution is -0.120. The summed E-state index contributed by atoms with van der Waals surface area (Å²) >= 11 is 0. The second-order valence-electron chi connectivity index (χ2n) is 8.13. The zero-order valence-corrected chi connectivity index (χ0v) is 13.9. The highest BCUT2D eigenvalue weighted by molar-refractivity contribution is 5.79. The summed E-state index contributed by atoms with van der Waals surface area (Å²) in [5.41, 5.74) is 2.49. The first-order valence-electron chi connectivity index (χ1n) is 7.52. The summed E-state index contributed by atoms with van der Waals surface area (Å²) in [6, 6.07) is 6.15. The van der Waals surface area contributed by atoms with Gasteiger partial charge in [-0.25, -0.2) is 0 Å². The van der Waals surface area contributed by atoms with E-state index >= 15 is 0 Å². The van der Waals surface area contributed by atoms with Crippen molar-refractivity contribution in [1.82, 2.24) is 4.98 Å². The molecule has 112 valence electrons. The normalized spacial score (nSPS) is 12.5. The van der Waals surface area contributed by atoms with Crippen LogP contribution in [-0.2, 0) is 17.6 Å². The molecule has 0 aliphatic heterocycles. The third-order valence-corrected chi connectivity index (χ3v) is 2.96. The van der Waals surface area contributed by atoms with Crippen molar-refractivity contribution in [2.24, 2.45) is 10.8 Å². The zero-order valence-electron chi connectivity index (χ0n) is 13.9. The Morgan fingerprint density at radius 2 is 1.60 bits per heavy atom. The number of rotatable bonds is 5. The fourth-order valence-corrected chi connectivity index (χ4v) is 2.26. The lowest BCUT2D eigenvalue weighted by Gasteiger charge is -2.18. The first-order valence-corrected chi connectivity index (χ1v) is 7.52. The summed E-state index contributed by atoms with van der Waals surface area (Å²) in [7, 11) is 0. The maximum atomic E-state index is 11.9. The predicted molar refractivity (Wildman–Crippen MR) is 84.8 cm³/mol. The molecule has 0 unspecified atom stereocenters. The summed E-state index contributed by atoms with van der Waals surface area (Å²) in [4.78, 5) is 16.6. The Morgan fingerprint density at radius 1 is 1.00 bits per heavy atom. The van der Waals surface area contributed by atoms with E-state index in [1.165, 1.54) is 0 Å². The summed E-state index contributed by atoms with van der Waals surface area (Å²) in [5.74, 6) is 0.334. The molecule has 1 rings (SSSR count). The van der Waals surface area contributed by atoms with Crippen LogP contribution in [0.25, 0.3) is 0 Å². The van der Waals surface area contributed by atoms with Crippen LogP contribution in [0.2, 0.25) is 0 Å². The monoisotopic (exact) mass is 275 g/mol. The van der Waals surface area contributed by atoms with Crippen molar-refractivity contribution in [3.05, 3.63) is 29.6 Å². The highest BCUT2D eigenvalue weighted by Crippen LogP contribution is 2.21. The Balaban J connectivity index is 2.57. The van der Waals surface area contributed by atoms with E-state index in [-0.39, 0.29) is 10.8 Å². The minimum atomic E-state index is 0.0819. The quantitative estimate of drug-likeness (QED) is 0.785. The molecular weight excluding hydrogens is 246 g/mol. The lowest BCUT2D eigenvalue weighted by Crippen LogP contribution is -2.14. The number of hydrogen-bond donors (Lipinski definition) is 0. The van der Waals surface area contributed by atoms with Gasteiger partial charge in [0.2, 0.25) is 0 Å². The van der Waals surface area contributed by atoms with E-state index in [1.807, 2.05) is 6.07 Å². The van der Waals surface area contributed by atoms with Gasteiger partial charge in [-0.15, -0.1) is 0 Å². The van der Waals surface area contributed by atoms with Gasteiger partial charge in [0, 0.05) is 24.2 Å². The predicted octanol–water partition coefficient (Wildman–Crippen LogP) is 4.61. The molecular formula is C18H29NO. The maximum absolute atomic E-state index is 11.9. The first-order chi connectivity index (χ1) is 9.05. The summed E-state index contributed by atoms with van der Waals surface area (Å²) < 4.78 is 0. The van der Waals surface area contributed by atoms with Gasteiger partial charge >= 0.3 is 0 Å². The van der Waals surface area contributed by atoms with E-state index in [1.54, 1.807) is 0 Å². The number of nitrogens with zero attached hydrogens (tertiary/aromatic N) is 1. The Hall–Kier alpha value is -1.18. The van der Waals surface area contributed by atoms with Gasteiger partial charge in [0.15, 0.2) is 0 Å². The first kappa shape index (κ1) is 16.9. The maximum Gasteiger partial charge on any atom is 0.133 e. The van der Waals surface area contributed by atoms with E-state index in [9.17, 15) is 4.79 Å². The molecule has 0 fully saturated rings. The van der Waals surface area contributed by atoms with Crippen molar-refractivity contribution in [3.8, 4) is 0 Å². The minimum absolute atomic E-state index is 0.0819. The lowest BCUT2D eigenvalue weighted by atomic mass is 9.88. The molecule has 0 N–H and O–H groups in total. The molecule has 0 radical (unpaired) electrons. The highest BCUT2D eigenvalue weighted by Gasteiger charge is 2.16. The molecule has 0 amide bonds. The number of ketones is 1. The van der Waals surface area contributed by atoms with Gasteiger partial charge in [0.05, 0.1) is 0 Å². The Morgan fingerprint density at radius 3 is 2.15 bits per heavy atom. The van der Waals surface area contributed by atoms with E-state index in [4.69, 9.17) is 0 Å². The fraction of sp³-hybridized carbons (Fsp3) is 0.667. The van der Waals surface area contributed by atoms with Gasteiger partial charge in [-0.3, -0.25) is 9.78 Å². The van der Waals surface area contributed by atoms with Crippen molar-refractivity contribution in [2.45, 2.75) is 67.2 Å².